The Morgan fingerprint density at radius 2 is 2.15 bits per heavy atom. The first-order chi connectivity index (χ1) is 9.52. The van der Waals surface area contributed by atoms with Crippen LogP contribution in [0.15, 0.2) is 29.3 Å². The SMILES string of the molecule is FC(F)(F)c1cccc(CC2=NC3CCNCC3N2)c1. The molecule has 2 aliphatic rings. The highest BCUT2D eigenvalue weighted by Gasteiger charge is 2.32. The van der Waals surface area contributed by atoms with Crippen molar-refractivity contribution in [2.24, 2.45) is 4.99 Å². The highest BCUT2D eigenvalue weighted by molar-refractivity contribution is 5.86. The Labute approximate surface area is 115 Å². The Kier molecular flexibility index (Phi) is 3.41. The third-order valence-corrected chi connectivity index (χ3v) is 3.75. The maximum Gasteiger partial charge on any atom is 0.416 e. The first-order valence-corrected chi connectivity index (χ1v) is 6.72. The summed E-state index contributed by atoms with van der Waals surface area (Å²) in [7, 11) is 0. The van der Waals surface area contributed by atoms with Crippen LogP contribution >= 0.6 is 0 Å². The second kappa shape index (κ2) is 5.09. The monoisotopic (exact) mass is 283 g/mol. The minimum Gasteiger partial charge on any atom is -0.367 e. The van der Waals surface area contributed by atoms with Gasteiger partial charge < -0.3 is 10.6 Å². The molecule has 1 fully saturated rings. The fourth-order valence-corrected chi connectivity index (χ4v) is 2.75. The average molecular weight is 283 g/mol. The number of hydrogen-bond donors (Lipinski definition) is 2. The van der Waals surface area contributed by atoms with Crippen LogP contribution in [0.5, 0.6) is 0 Å². The van der Waals surface area contributed by atoms with Gasteiger partial charge in [-0.05, 0) is 24.6 Å². The molecular weight excluding hydrogens is 267 g/mol. The number of amidine groups is 1. The van der Waals surface area contributed by atoms with Gasteiger partial charge in [0, 0.05) is 13.0 Å². The van der Waals surface area contributed by atoms with Crippen LogP contribution in [0.25, 0.3) is 0 Å². The normalized spacial score (nSPS) is 25.9. The van der Waals surface area contributed by atoms with E-state index in [0.29, 0.717) is 12.0 Å². The maximum absolute atomic E-state index is 12.7. The molecule has 2 N–H and O–H groups in total. The van der Waals surface area contributed by atoms with Crippen molar-refractivity contribution >= 4 is 5.84 Å². The molecule has 0 aliphatic carbocycles. The summed E-state index contributed by atoms with van der Waals surface area (Å²) in [5.41, 5.74) is 0.0327. The van der Waals surface area contributed by atoms with Crippen LogP contribution in [0.3, 0.4) is 0 Å². The standard InChI is InChI=1S/C14H16F3N3/c15-14(16,17)10-3-1-2-9(6-10)7-13-19-11-4-5-18-8-12(11)20-13/h1-3,6,11-12,18H,4-5,7-8H2,(H,19,20). The van der Waals surface area contributed by atoms with Crippen LogP contribution in [0.1, 0.15) is 17.5 Å². The van der Waals surface area contributed by atoms with Crippen LogP contribution in [0, 0.1) is 0 Å². The number of nitrogens with one attached hydrogen (secondary N) is 2. The predicted octanol–water partition coefficient (Wildman–Crippen LogP) is 1.98. The number of hydrogen-bond acceptors (Lipinski definition) is 3. The van der Waals surface area contributed by atoms with E-state index in [2.05, 4.69) is 15.6 Å². The Morgan fingerprint density at radius 3 is 2.90 bits per heavy atom. The molecule has 2 aliphatic heterocycles. The van der Waals surface area contributed by atoms with E-state index in [-0.39, 0.29) is 12.1 Å². The number of halogens is 3. The minimum atomic E-state index is -4.29. The van der Waals surface area contributed by atoms with Crippen LogP contribution in [0.4, 0.5) is 13.2 Å². The van der Waals surface area contributed by atoms with Gasteiger partial charge in [-0.1, -0.05) is 18.2 Å². The number of nitrogens with zero attached hydrogens (tertiary/aromatic N) is 1. The summed E-state index contributed by atoms with van der Waals surface area (Å²) >= 11 is 0. The summed E-state index contributed by atoms with van der Waals surface area (Å²) in [6.45, 7) is 1.81. The lowest BCUT2D eigenvalue weighted by molar-refractivity contribution is -0.137. The zero-order chi connectivity index (χ0) is 14.2. The molecule has 108 valence electrons. The van der Waals surface area contributed by atoms with E-state index in [1.54, 1.807) is 6.07 Å². The molecule has 0 spiro atoms. The van der Waals surface area contributed by atoms with E-state index in [0.717, 1.165) is 31.4 Å². The average Bonchev–Trinajstić information content (AvgIpc) is 2.80. The minimum absolute atomic E-state index is 0.261. The molecule has 1 aromatic carbocycles. The zero-order valence-corrected chi connectivity index (χ0v) is 10.9. The van der Waals surface area contributed by atoms with Crippen molar-refractivity contribution in [2.75, 3.05) is 13.1 Å². The molecule has 0 amide bonds. The lowest BCUT2D eigenvalue weighted by Gasteiger charge is -2.24. The van der Waals surface area contributed by atoms with E-state index in [9.17, 15) is 13.2 Å². The molecule has 2 atom stereocenters. The molecule has 20 heavy (non-hydrogen) atoms. The summed E-state index contributed by atoms with van der Waals surface area (Å²) < 4.78 is 38.0. The van der Waals surface area contributed by atoms with Crippen molar-refractivity contribution in [3.63, 3.8) is 0 Å². The molecule has 2 heterocycles. The zero-order valence-electron chi connectivity index (χ0n) is 10.9. The van der Waals surface area contributed by atoms with Gasteiger partial charge in [0.05, 0.1) is 17.6 Å². The highest BCUT2D eigenvalue weighted by atomic mass is 19.4. The van der Waals surface area contributed by atoms with Gasteiger partial charge in [-0.3, -0.25) is 4.99 Å². The molecule has 0 saturated carbocycles. The molecule has 3 rings (SSSR count). The van der Waals surface area contributed by atoms with Crippen molar-refractivity contribution in [2.45, 2.75) is 31.1 Å². The van der Waals surface area contributed by atoms with Crippen LogP contribution in [-0.4, -0.2) is 31.0 Å². The predicted molar refractivity (Wildman–Crippen MR) is 70.8 cm³/mol. The van der Waals surface area contributed by atoms with E-state index in [1.165, 1.54) is 12.1 Å². The summed E-state index contributed by atoms with van der Waals surface area (Å²) in [6, 6.07) is 5.99. The molecule has 2 unspecified atom stereocenters. The fraction of sp³-hybridized carbons (Fsp3) is 0.500. The Bertz CT molecular complexity index is 525. The Hall–Kier alpha value is -1.56. The number of aliphatic imine (C=N–C) groups is 1. The topological polar surface area (TPSA) is 36.4 Å². The summed E-state index contributed by atoms with van der Waals surface area (Å²) in [4.78, 5) is 4.58. The first kappa shape index (κ1) is 13.4. The van der Waals surface area contributed by atoms with Gasteiger partial charge >= 0.3 is 6.18 Å². The molecular formula is C14H16F3N3. The molecule has 0 radical (unpaired) electrons. The van der Waals surface area contributed by atoms with Gasteiger partial charge in [0.2, 0.25) is 0 Å². The van der Waals surface area contributed by atoms with Crippen molar-refractivity contribution in [1.29, 1.82) is 0 Å². The quantitative estimate of drug-likeness (QED) is 0.871. The van der Waals surface area contributed by atoms with Gasteiger partial charge in [0.1, 0.15) is 5.84 Å². The molecule has 0 aromatic heterocycles. The van der Waals surface area contributed by atoms with Gasteiger partial charge in [-0.15, -0.1) is 0 Å². The second-order valence-corrected chi connectivity index (χ2v) is 5.26. The van der Waals surface area contributed by atoms with E-state index in [4.69, 9.17) is 0 Å². The van der Waals surface area contributed by atoms with Gasteiger partial charge in [-0.2, -0.15) is 13.2 Å². The number of benzene rings is 1. The number of alkyl halides is 3. The highest BCUT2D eigenvalue weighted by Crippen LogP contribution is 2.29. The molecule has 0 bridgehead atoms. The lowest BCUT2D eigenvalue weighted by atomic mass is 10.0. The summed E-state index contributed by atoms with van der Waals surface area (Å²) in [5.74, 6) is 0.794. The van der Waals surface area contributed by atoms with Crippen molar-refractivity contribution in [3.8, 4) is 0 Å². The van der Waals surface area contributed by atoms with Crippen molar-refractivity contribution in [3.05, 3.63) is 35.4 Å². The number of rotatable bonds is 2. The molecule has 1 saturated heterocycles. The van der Waals surface area contributed by atoms with Gasteiger partial charge in [0.25, 0.3) is 0 Å². The van der Waals surface area contributed by atoms with E-state index >= 15 is 0 Å². The Morgan fingerprint density at radius 1 is 1.30 bits per heavy atom. The largest absolute Gasteiger partial charge is 0.416 e. The third kappa shape index (κ3) is 2.80. The molecule has 3 nitrogen and oxygen atoms in total. The fourth-order valence-electron chi connectivity index (χ4n) is 2.75. The smallest absolute Gasteiger partial charge is 0.367 e. The van der Waals surface area contributed by atoms with E-state index < -0.39 is 11.7 Å². The van der Waals surface area contributed by atoms with Gasteiger partial charge in [-0.25, -0.2) is 0 Å². The van der Waals surface area contributed by atoms with Gasteiger partial charge in [0.15, 0.2) is 0 Å². The van der Waals surface area contributed by atoms with Crippen LogP contribution in [0.2, 0.25) is 0 Å². The van der Waals surface area contributed by atoms with Crippen LogP contribution in [-0.2, 0) is 12.6 Å². The second-order valence-electron chi connectivity index (χ2n) is 5.26. The van der Waals surface area contributed by atoms with Crippen molar-refractivity contribution < 1.29 is 13.2 Å². The summed E-state index contributed by atoms with van der Waals surface area (Å²) in [5, 5.41) is 6.59. The van der Waals surface area contributed by atoms with Crippen LogP contribution < -0.4 is 10.6 Å². The lowest BCUT2D eigenvalue weighted by Crippen LogP contribution is -2.48. The third-order valence-electron chi connectivity index (χ3n) is 3.75. The molecule has 6 heteroatoms. The summed E-state index contributed by atoms with van der Waals surface area (Å²) in [6.07, 6.45) is -2.89. The maximum atomic E-state index is 12.7. The van der Waals surface area contributed by atoms with E-state index in [1.807, 2.05) is 0 Å². The van der Waals surface area contributed by atoms with Crippen molar-refractivity contribution in [1.82, 2.24) is 10.6 Å². The number of piperidine rings is 1. The molecule has 1 aromatic rings. The Balaban J connectivity index is 1.72. The number of fused-ring (bicyclic) bond motifs is 1. The first-order valence-electron chi connectivity index (χ1n) is 6.72.